The summed E-state index contributed by atoms with van der Waals surface area (Å²) >= 11 is 11.8. The molecule has 0 aliphatic rings. The largest absolute Gasteiger partial charge is 0.484 e. The maximum Gasteiger partial charge on any atom is 0.146 e. The Balaban J connectivity index is 2.07. The first-order valence-electron chi connectivity index (χ1n) is 5.04. The minimum Gasteiger partial charge on any atom is -0.484 e. The molecule has 0 saturated carbocycles. The van der Waals surface area contributed by atoms with Crippen LogP contribution in [-0.2, 0) is 13.2 Å². The van der Waals surface area contributed by atoms with Crippen LogP contribution in [0.25, 0.3) is 0 Å². The minimum atomic E-state index is 0.293. The van der Waals surface area contributed by atoms with E-state index in [2.05, 4.69) is 0 Å². The fourth-order valence-electron chi connectivity index (χ4n) is 1.41. The molecule has 0 aliphatic heterocycles. The van der Waals surface area contributed by atoms with E-state index in [1.165, 1.54) is 0 Å². The van der Waals surface area contributed by atoms with E-state index < -0.39 is 0 Å². The van der Waals surface area contributed by atoms with Crippen molar-refractivity contribution in [1.82, 2.24) is 0 Å². The molecule has 3 nitrogen and oxygen atoms in total. The van der Waals surface area contributed by atoms with Crippen molar-refractivity contribution in [1.29, 1.82) is 0 Å². The highest BCUT2D eigenvalue weighted by molar-refractivity contribution is 6.35. The highest BCUT2D eigenvalue weighted by atomic mass is 35.5. The quantitative estimate of drug-likeness (QED) is 0.924. The minimum absolute atomic E-state index is 0.293. The second-order valence-corrected chi connectivity index (χ2v) is 4.28. The zero-order valence-corrected chi connectivity index (χ0v) is 10.5. The van der Waals surface area contributed by atoms with Crippen LogP contribution in [0, 0.1) is 0 Å². The fraction of sp³-hybridized carbons (Fsp3) is 0.167. The lowest BCUT2D eigenvalue weighted by molar-refractivity contribution is 0.268. The lowest BCUT2D eigenvalue weighted by Gasteiger charge is -2.07. The summed E-state index contributed by atoms with van der Waals surface area (Å²) in [6.45, 7) is 0.713. The molecule has 0 spiro atoms. The summed E-state index contributed by atoms with van der Waals surface area (Å²) in [7, 11) is 0. The summed E-state index contributed by atoms with van der Waals surface area (Å²) in [5.41, 5.74) is 6.48. The Kier molecular flexibility index (Phi) is 3.94. The van der Waals surface area contributed by atoms with E-state index in [1.54, 1.807) is 24.5 Å². The van der Waals surface area contributed by atoms with Crippen molar-refractivity contribution in [2.75, 3.05) is 0 Å². The molecule has 0 bridgehead atoms. The molecule has 5 heteroatoms. The first-order valence-corrected chi connectivity index (χ1v) is 5.79. The SMILES string of the molecule is NCc1ccoc1COc1ccc(Cl)cc1Cl. The van der Waals surface area contributed by atoms with E-state index in [0.29, 0.717) is 34.7 Å². The van der Waals surface area contributed by atoms with Crippen LogP contribution in [0.1, 0.15) is 11.3 Å². The number of ether oxygens (including phenoxy) is 1. The number of benzene rings is 1. The molecule has 0 aliphatic carbocycles. The zero-order valence-electron chi connectivity index (χ0n) is 8.95. The van der Waals surface area contributed by atoms with Crippen LogP contribution in [0.4, 0.5) is 0 Å². The Bertz CT molecular complexity index is 511. The van der Waals surface area contributed by atoms with Gasteiger partial charge in [-0.05, 0) is 24.3 Å². The van der Waals surface area contributed by atoms with Crippen LogP contribution < -0.4 is 10.5 Å². The van der Waals surface area contributed by atoms with Gasteiger partial charge in [0.15, 0.2) is 0 Å². The second-order valence-electron chi connectivity index (χ2n) is 3.44. The van der Waals surface area contributed by atoms with E-state index in [0.717, 1.165) is 5.56 Å². The third kappa shape index (κ3) is 2.94. The van der Waals surface area contributed by atoms with Crippen molar-refractivity contribution in [3.8, 4) is 5.75 Å². The van der Waals surface area contributed by atoms with E-state index in [1.807, 2.05) is 6.07 Å². The van der Waals surface area contributed by atoms with Gasteiger partial charge in [-0.2, -0.15) is 0 Å². The molecule has 17 heavy (non-hydrogen) atoms. The highest BCUT2D eigenvalue weighted by Crippen LogP contribution is 2.28. The molecule has 2 N–H and O–H groups in total. The molecular formula is C12H11Cl2NO2. The van der Waals surface area contributed by atoms with Crippen LogP contribution in [0.3, 0.4) is 0 Å². The molecule has 0 atom stereocenters. The molecule has 1 aromatic heterocycles. The molecular weight excluding hydrogens is 261 g/mol. The van der Waals surface area contributed by atoms with Gasteiger partial charge in [0.2, 0.25) is 0 Å². The van der Waals surface area contributed by atoms with Crippen molar-refractivity contribution < 1.29 is 9.15 Å². The van der Waals surface area contributed by atoms with Crippen molar-refractivity contribution >= 4 is 23.2 Å². The highest BCUT2D eigenvalue weighted by Gasteiger charge is 2.07. The van der Waals surface area contributed by atoms with Crippen LogP contribution in [0.2, 0.25) is 10.0 Å². The van der Waals surface area contributed by atoms with E-state index >= 15 is 0 Å². The number of hydrogen-bond acceptors (Lipinski definition) is 3. The molecule has 2 rings (SSSR count). The summed E-state index contributed by atoms with van der Waals surface area (Å²) in [5, 5.41) is 1.04. The summed E-state index contributed by atoms with van der Waals surface area (Å²) in [4.78, 5) is 0. The summed E-state index contributed by atoms with van der Waals surface area (Å²) < 4.78 is 10.8. The summed E-state index contributed by atoms with van der Waals surface area (Å²) in [5.74, 6) is 1.27. The molecule has 90 valence electrons. The Labute approximate surface area is 109 Å². The summed E-state index contributed by atoms with van der Waals surface area (Å²) in [6.07, 6.45) is 1.59. The van der Waals surface area contributed by atoms with Gasteiger partial charge >= 0.3 is 0 Å². The zero-order chi connectivity index (χ0) is 12.3. The molecule has 2 aromatic rings. The van der Waals surface area contributed by atoms with E-state index in [-0.39, 0.29) is 0 Å². The van der Waals surface area contributed by atoms with Gasteiger partial charge in [0.05, 0.1) is 11.3 Å². The Morgan fingerprint density at radius 3 is 2.76 bits per heavy atom. The monoisotopic (exact) mass is 271 g/mol. The van der Waals surface area contributed by atoms with E-state index in [4.69, 9.17) is 38.1 Å². The van der Waals surface area contributed by atoms with Gasteiger partial charge in [0.1, 0.15) is 18.1 Å². The third-order valence-corrected chi connectivity index (χ3v) is 2.84. The predicted octanol–water partition coefficient (Wildman–Crippen LogP) is 3.62. The van der Waals surface area contributed by atoms with Crippen molar-refractivity contribution in [2.24, 2.45) is 5.73 Å². The lowest BCUT2D eigenvalue weighted by Crippen LogP contribution is -2.02. The molecule has 1 heterocycles. The topological polar surface area (TPSA) is 48.4 Å². The Hall–Kier alpha value is -1.16. The first kappa shape index (κ1) is 12.3. The van der Waals surface area contributed by atoms with Gasteiger partial charge in [-0.25, -0.2) is 0 Å². The number of furan rings is 1. The smallest absolute Gasteiger partial charge is 0.146 e. The van der Waals surface area contributed by atoms with Crippen LogP contribution in [0.5, 0.6) is 5.75 Å². The van der Waals surface area contributed by atoms with Gasteiger partial charge in [-0.15, -0.1) is 0 Å². The van der Waals surface area contributed by atoms with Gasteiger partial charge in [0.25, 0.3) is 0 Å². The molecule has 0 amide bonds. The third-order valence-electron chi connectivity index (χ3n) is 2.31. The number of nitrogens with two attached hydrogens (primary N) is 1. The number of rotatable bonds is 4. The Morgan fingerprint density at radius 1 is 1.24 bits per heavy atom. The van der Waals surface area contributed by atoms with Crippen LogP contribution in [-0.4, -0.2) is 0 Å². The van der Waals surface area contributed by atoms with Crippen LogP contribution >= 0.6 is 23.2 Å². The number of hydrogen-bond donors (Lipinski definition) is 1. The average Bonchev–Trinajstić information content (AvgIpc) is 2.75. The van der Waals surface area contributed by atoms with Crippen molar-refractivity contribution in [3.05, 3.63) is 51.9 Å². The second kappa shape index (κ2) is 5.45. The molecule has 0 fully saturated rings. The van der Waals surface area contributed by atoms with Gasteiger partial charge in [0, 0.05) is 17.1 Å². The normalized spacial score (nSPS) is 10.5. The first-order chi connectivity index (χ1) is 8.20. The van der Waals surface area contributed by atoms with Crippen LogP contribution in [0.15, 0.2) is 34.9 Å². The predicted molar refractivity (Wildman–Crippen MR) is 67.4 cm³/mol. The number of halogens is 2. The summed E-state index contributed by atoms with van der Waals surface area (Å²) in [6, 6.07) is 6.89. The molecule has 1 aromatic carbocycles. The van der Waals surface area contributed by atoms with Gasteiger partial charge in [-0.3, -0.25) is 0 Å². The maximum atomic E-state index is 5.98. The van der Waals surface area contributed by atoms with Crippen molar-refractivity contribution in [2.45, 2.75) is 13.2 Å². The average molecular weight is 272 g/mol. The molecule has 0 radical (unpaired) electrons. The molecule has 0 saturated heterocycles. The van der Waals surface area contributed by atoms with E-state index in [9.17, 15) is 0 Å². The van der Waals surface area contributed by atoms with Gasteiger partial charge in [-0.1, -0.05) is 23.2 Å². The van der Waals surface area contributed by atoms with Crippen molar-refractivity contribution in [3.63, 3.8) is 0 Å². The lowest BCUT2D eigenvalue weighted by atomic mass is 10.2. The fourth-order valence-corrected chi connectivity index (χ4v) is 1.87. The maximum absolute atomic E-state index is 5.98. The van der Waals surface area contributed by atoms with Gasteiger partial charge < -0.3 is 14.9 Å². The standard InChI is InChI=1S/C12H11Cl2NO2/c13-9-1-2-11(10(14)5-9)17-7-12-8(6-15)3-4-16-12/h1-5H,6-7,15H2. The molecule has 0 unspecified atom stereocenters. The Morgan fingerprint density at radius 2 is 2.06 bits per heavy atom.